The van der Waals surface area contributed by atoms with E-state index in [0.29, 0.717) is 22.2 Å². The molecule has 0 spiro atoms. The number of H-pyrrole nitrogens is 1. The van der Waals surface area contributed by atoms with E-state index in [9.17, 15) is 4.79 Å². The molecule has 0 aliphatic rings. The van der Waals surface area contributed by atoms with Crippen LogP contribution in [-0.2, 0) is 0 Å². The molecule has 3 heterocycles. The van der Waals surface area contributed by atoms with Crippen molar-refractivity contribution < 1.29 is 9.53 Å². The molecular formula is C17H13N5O2S. The van der Waals surface area contributed by atoms with Crippen LogP contribution in [0.5, 0.6) is 5.88 Å². The Labute approximate surface area is 146 Å². The molecule has 0 fully saturated rings. The van der Waals surface area contributed by atoms with Crippen molar-refractivity contribution in [2.45, 2.75) is 0 Å². The first-order valence-electron chi connectivity index (χ1n) is 7.45. The number of carbonyl (C=O) groups excluding carboxylic acids is 1. The number of benzene rings is 1. The number of hydrogen-bond acceptors (Lipinski definition) is 6. The summed E-state index contributed by atoms with van der Waals surface area (Å²) in [6.07, 6.45) is 4.74. The molecule has 7 nitrogen and oxygen atoms in total. The molecule has 4 rings (SSSR count). The van der Waals surface area contributed by atoms with E-state index in [0.717, 1.165) is 15.8 Å². The molecule has 0 unspecified atom stereocenters. The minimum atomic E-state index is -0.325. The van der Waals surface area contributed by atoms with E-state index in [2.05, 4.69) is 25.3 Å². The predicted molar refractivity (Wildman–Crippen MR) is 95.9 cm³/mol. The summed E-state index contributed by atoms with van der Waals surface area (Å²) in [5.74, 6) is 0.0969. The maximum atomic E-state index is 12.2. The normalized spacial score (nSPS) is 10.8. The van der Waals surface area contributed by atoms with E-state index in [1.54, 1.807) is 13.3 Å². The Morgan fingerprint density at radius 2 is 2.08 bits per heavy atom. The zero-order chi connectivity index (χ0) is 17.2. The number of pyridine rings is 1. The molecular weight excluding hydrogens is 338 g/mol. The molecule has 1 amide bonds. The lowest BCUT2D eigenvalue weighted by molar-refractivity contribution is 0.102. The molecule has 4 aromatic rings. The summed E-state index contributed by atoms with van der Waals surface area (Å²) >= 11 is 1.37. The van der Waals surface area contributed by atoms with E-state index >= 15 is 0 Å². The molecule has 3 aromatic heterocycles. The highest BCUT2D eigenvalue weighted by Crippen LogP contribution is 2.38. The van der Waals surface area contributed by atoms with E-state index in [1.165, 1.54) is 23.9 Å². The first-order valence-corrected chi connectivity index (χ1v) is 8.27. The third-order valence-corrected chi connectivity index (χ3v) is 4.62. The number of aromatic amines is 1. The van der Waals surface area contributed by atoms with Gasteiger partial charge >= 0.3 is 0 Å². The molecule has 124 valence electrons. The van der Waals surface area contributed by atoms with Gasteiger partial charge in [-0.2, -0.15) is 0 Å². The van der Waals surface area contributed by atoms with E-state index in [4.69, 9.17) is 4.74 Å². The molecule has 0 saturated heterocycles. The zero-order valence-corrected chi connectivity index (χ0v) is 14.0. The van der Waals surface area contributed by atoms with Gasteiger partial charge in [0.1, 0.15) is 11.2 Å². The second-order valence-electron chi connectivity index (χ2n) is 5.15. The van der Waals surface area contributed by atoms with Crippen molar-refractivity contribution in [1.29, 1.82) is 0 Å². The molecule has 0 aliphatic heterocycles. The van der Waals surface area contributed by atoms with Gasteiger partial charge < -0.3 is 9.72 Å². The maximum Gasteiger partial charge on any atom is 0.277 e. The molecule has 0 radical (unpaired) electrons. The highest BCUT2D eigenvalue weighted by Gasteiger charge is 2.17. The SMILES string of the molecule is COc1ncc(-c2ccccc2)c2sc(NC(=O)c3c[nH]cn3)nc12. The van der Waals surface area contributed by atoms with Gasteiger partial charge in [-0.3, -0.25) is 10.1 Å². The second kappa shape index (κ2) is 6.33. The van der Waals surface area contributed by atoms with Gasteiger partial charge in [0.2, 0.25) is 5.88 Å². The van der Waals surface area contributed by atoms with Crippen molar-refractivity contribution in [3.8, 4) is 17.0 Å². The van der Waals surface area contributed by atoms with Crippen molar-refractivity contribution in [1.82, 2.24) is 19.9 Å². The molecule has 0 aliphatic carbocycles. The largest absolute Gasteiger partial charge is 0.479 e. The second-order valence-corrected chi connectivity index (χ2v) is 6.15. The van der Waals surface area contributed by atoms with Crippen LogP contribution >= 0.6 is 11.3 Å². The number of anilines is 1. The fraction of sp³-hybridized carbons (Fsp3) is 0.0588. The van der Waals surface area contributed by atoms with Crippen LogP contribution in [0.25, 0.3) is 21.3 Å². The van der Waals surface area contributed by atoms with Crippen LogP contribution in [0.4, 0.5) is 5.13 Å². The van der Waals surface area contributed by atoms with Crippen LogP contribution in [0.1, 0.15) is 10.5 Å². The predicted octanol–water partition coefficient (Wildman–Crippen LogP) is 3.34. The van der Waals surface area contributed by atoms with Crippen molar-refractivity contribution >= 4 is 32.6 Å². The lowest BCUT2D eigenvalue weighted by Gasteiger charge is -2.04. The number of rotatable bonds is 4. The van der Waals surface area contributed by atoms with Crippen molar-refractivity contribution in [2.75, 3.05) is 12.4 Å². The summed E-state index contributed by atoms with van der Waals surface area (Å²) in [6, 6.07) is 9.90. The first kappa shape index (κ1) is 15.3. The average Bonchev–Trinajstić information content (AvgIpc) is 3.31. The lowest BCUT2D eigenvalue weighted by atomic mass is 10.1. The maximum absolute atomic E-state index is 12.2. The third kappa shape index (κ3) is 2.83. The number of hydrogen-bond donors (Lipinski definition) is 2. The van der Waals surface area contributed by atoms with Crippen LogP contribution in [0.2, 0.25) is 0 Å². The highest BCUT2D eigenvalue weighted by molar-refractivity contribution is 7.23. The Hall–Kier alpha value is -3.26. The van der Waals surface area contributed by atoms with E-state index in [-0.39, 0.29) is 5.91 Å². The number of carbonyl (C=O) groups is 1. The summed E-state index contributed by atoms with van der Waals surface area (Å²) in [4.78, 5) is 27.7. The Balaban J connectivity index is 1.79. The van der Waals surface area contributed by atoms with Crippen LogP contribution in [0.15, 0.2) is 49.1 Å². The molecule has 0 saturated carbocycles. The average molecular weight is 351 g/mol. The number of ether oxygens (including phenoxy) is 1. The van der Waals surface area contributed by atoms with E-state index < -0.39 is 0 Å². The van der Waals surface area contributed by atoms with Gasteiger partial charge in [0.25, 0.3) is 5.91 Å². The number of thiazole rings is 1. The van der Waals surface area contributed by atoms with E-state index in [1.807, 2.05) is 30.3 Å². The number of imidazole rings is 1. The monoisotopic (exact) mass is 351 g/mol. The molecule has 2 N–H and O–H groups in total. The van der Waals surface area contributed by atoms with Crippen LogP contribution < -0.4 is 10.1 Å². The topological polar surface area (TPSA) is 92.8 Å². The van der Waals surface area contributed by atoms with Crippen LogP contribution in [0.3, 0.4) is 0 Å². The first-order chi connectivity index (χ1) is 12.3. The van der Waals surface area contributed by atoms with Crippen LogP contribution in [0, 0.1) is 0 Å². The van der Waals surface area contributed by atoms with Gasteiger partial charge in [0.05, 0.1) is 18.1 Å². The molecule has 8 heteroatoms. The third-order valence-electron chi connectivity index (χ3n) is 3.61. The zero-order valence-electron chi connectivity index (χ0n) is 13.2. The van der Waals surface area contributed by atoms with Gasteiger partial charge in [-0.15, -0.1) is 0 Å². The Morgan fingerprint density at radius 3 is 2.80 bits per heavy atom. The molecule has 0 bridgehead atoms. The molecule has 25 heavy (non-hydrogen) atoms. The fourth-order valence-electron chi connectivity index (χ4n) is 2.46. The summed E-state index contributed by atoms with van der Waals surface area (Å²) < 4.78 is 6.21. The Bertz CT molecular complexity index is 1030. The number of nitrogens with one attached hydrogen (secondary N) is 2. The smallest absolute Gasteiger partial charge is 0.277 e. The quantitative estimate of drug-likeness (QED) is 0.588. The number of nitrogens with zero attached hydrogens (tertiary/aromatic N) is 3. The minimum absolute atomic E-state index is 0.299. The Morgan fingerprint density at radius 1 is 1.24 bits per heavy atom. The van der Waals surface area contributed by atoms with Gasteiger partial charge in [-0.05, 0) is 5.56 Å². The van der Waals surface area contributed by atoms with Crippen molar-refractivity contribution in [3.05, 3.63) is 54.7 Å². The Kier molecular flexibility index (Phi) is 3.87. The van der Waals surface area contributed by atoms with Gasteiger partial charge in [-0.1, -0.05) is 41.7 Å². The molecule has 0 atom stereocenters. The fourth-order valence-corrected chi connectivity index (χ4v) is 3.45. The van der Waals surface area contributed by atoms with Crippen molar-refractivity contribution in [2.24, 2.45) is 0 Å². The number of amides is 1. The van der Waals surface area contributed by atoms with Crippen molar-refractivity contribution in [3.63, 3.8) is 0 Å². The standard InChI is InChI=1S/C17H13N5O2S/c1-24-16-13-14(11(7-19-16)10-5-3-2-4-6-10)25-17(21-13)22-15(23)12-8-18-9-20-12/h2-9H,1H3,(H,18,20)(H,21,22,23). The number of methoxy groups -OCH3 is 1. The summed E-state index contributed by atoms with van der Waals surface area (Å²) in [6.45, 7) is 0. The summed E-state index contributed by atoms with van der Waals surface area (Å²) in [7, 11) is 1.55. The summed E-state index contributed by atoms with van der Waals surface area (Å²) in [5.41, 5.74) is 2.88. The lowest BCUT2D eigenvalue weighted by Crippen LogP contribution is -2.11. The number of fused-ring (bicyclic) bond motifs is 1. The van der Waals surface area contributed by atoms with Gasteiger partial charge in [0.15, 0.2) is 5.13 Å². The minimum Gasteiger partial charge on any atom is -0.479 e. The summed E-state index contributed by atoms with van der Waals surface area (Å²) in [5, 5.41) is 3.23. The van der Waals surface area contributed by atoms with Crippen LogP contribution in [-0.4, -0.2) is 33.0 Å². The van der Waals surface area contributed by atoms with Gasteiger partial charge in [0, 0.05) is 18.0 Å². The molecule has 1 aromatic carbocycles. The highest BCUT2D eigenvalue weighted by atomic mass is 32.1. The number of aromatic nitrogens is 4. The van der Waals surface area contributed by atoms with Gasteiger partial charge in [-0.25, -0.2) is 15.0 Å².